The number of Topliss-reactive ketones (excluding diaryl/α,β-unsaturated/α-hetero) is 1. The number of rotatable bonds is 5. The van der Waals surface area contributed by atoms with Gasteiger partial charge in [0.25, 0.3) is 0 Å². The zero-order chi connectivity index (χ0) is 28.2. The number of halogens is 2. The van der Waals surface area contributed by atoms with Crippen LogP contribution in [0.5, 0.6) is 0 Å². The molecular formula is C31H39ClFNO4S. The van der Waals surface area contributed by atoms with E-state index >= 15 is 4.39 Å². The van der Waals surface area contributed by atoms with Crippen molar-refractivity contribution in [2.45, 2.75) is 77.3 Å². The molecule has 1 aliphatic heterocycles. The minimum absolute atomic E-state index is 0.0384. The Morgan fingerprint density at radius 1 is 1.23 bits per heavy atom. The molecule has 4 aliphatic rings. The van der Waals surface area contributed by atoms with Crippen LogP contribution in [0.1, 0.15) is 58.4 Å². The predicted octanol–water partition coefficient (Wildman–Crippen LogP) is 6.14. The van der Waals surface area contributed by atoms with Crippen molar-refractivity contribution < 1.29 is 23.9 Å². The third kappa shape index (κ3) is 4.47. The third-order valence-corrected chi connectivity index (χ3v) is 11.4. The van der Waals surface area contributed by atoms with E-state index in [2.05, 4.69) is 6.92 Å². The number of carbonyl (C=O) groups excluding carboxylic acids is 2. The van der Waals surface area contributed by atoms with E-state index in [0.717, 1.165) is 17.6 Å². The van der Waals surface area contributed by atoms with Crippen LogP contribution in [0.15, 0.2) is 48.1 Å². The molecule has 0 amide bonds. The van der Waals surface area contributed by atoms with Gasteiger partial charge in [-0.15, -0.1) is 0 Å². The second-order valence-electron chi connectivity index (χ2n) is 12.5. The summed E-state index contributed by atoms with van der Waals surface area (Å²) in [7, 11) is 0. The van der Waals surface area contributed by atoms with E-state index in [1.807, 2.05) is 49.4 Å². The fourth-order valence-electron chi connectivity index (χ4n) is 8.19. The van der Waals surface area contributed by atoms with Gasteiger partial charge in [0.05, 0.1) is 11.9 Å². The quantitative estimate of drug-likeness (QED) is 0.455. The Morgan fingerprint density at radius 2 is 1.95 bits per heavy atom. The smallest absolute Gasteiger partial charge is 0.178 e. The molecule has 1 heterocycles. The SMILES string of the molecule is CSCC(=O)C1ON(Cc2ccc(Cl)cc2)CCCC2(C)C3CCC4=CC(=O)C=CC4(C)C3(F)C(O)CC12C. The summed E-state index contributed by atoms with van der Waals surface area (Å²) in [5.74, 6) is -0.394. The maximum absolute atomic E-state index is 17.7. The molecule has 7 atom stereocenters. The normalized spacial score (nSPS) is 40.5. The predicted molar refractivity (Wildman–Crippen MR) is 153 cm³/mol. The first-order valence-corrected chi connectivity index (χ1v) is 15.7. The van der Waals surface area contributed by atoms with Crippen molar-refractivity contribution >= 4 is 34.9 Å². The number of benzene rings is 1. The van der Waals surface area contributed by atoms with Gasteiger partial charge in [0.1, 0.15) is 6.10 Å². The van der Waals surface area contributed by atoms with Gasteiger partial charge in [-0.05, 0) is 80.5 Å². The number of hydrogen-bond acceptors (Lipinski definition) is 6. The summed E-state index contributed by atoms with van der Waals surface area (Å²) in [4.78, 5) is 32.6. The Morgan fingerprint density at radius 3 is 2.64 bits per heavy atom. The fraction of sp³-hybridized carbons (Fsp3) is 0.613. The second-order valence-corrected chi connectivity index (χ2v) is 13.8. The average molecular weight is 576 g/mol. The molecule has 8 heteroatoms. The molecule has 7 unspecified atom stereocenters. The number of nitrogens with zero attached hydrogens (tertiary/aromatic N) is 1. The van der Waals surface area contributed by atoms with Crippen LogP contribution < -0.4 is 0 Å². The highest BCUT2D eigenvalue weighted by Gasteiger charge is 2.73. The first kappa shape index (κ1) is 29.0. The molecule has 1 aromatic rings. The number of thioether (sulfide) groups is 1. The van der Waals surface area contributed by atoms with E-state index in [0.29, 0.717) is 37.4 Å². The molecule has 212 valence electrons. The highest BCUT2D eigenvalue weighted by atomic mass is 35.5. The van der Waals surface area contributed by atoms with E-state index in [4.69, 9.17) is 16.4 Å². The molecule has 0 bridgehead atoms. The highest BCUT2D eigenvalue weighted by molar-refractivity contribution is 7.99. The van der Waals surface area contributed by atoms with Crippen LogP contribution in [0.2, 0.25) is 5.02 Å². The van der Waals surface area contributed by atoms with Gasteiger partial charge < -0.3 is 5.11 Å². The van der Waals surface area contributed by atoms with Gasteiger partial charge in [-0.3, -0.25) is 14.4 Å². The summed E-state index contributed by atoms with van der Waals surface area (Å²) < 4.78 is 17.7. The molecular weight excluding hydrogens is 537 g/mol. The van der Waals surface area contributed by atoms with Gasteiger partial charge >= 0.3 is 0 Å². The number of hydrogen-bond donors (Lipinski definition) is 1. The molecule has 0 spiro atoms. The minimum atomic E-state index is -1.96. The van der Waals surface area contributed by atoms with Crippen molar-refractivity contribution in [1.29, 1.82) is 0 Å². The zero-order valence-corrected chi connectivity index (χ0v) is 24.8. The molecule has 0 aromatic heterocycles. The van der Waals surface area contributed by atoms with Gasteiger partial charge in [0, 0.05) is 34.9 Å². The highest BCUT2D eigenvalue weighted by Crippen LogP contribution is 2.70. The van der Waals surface area contributed by atoms with Gasteiger partial charge in [0.15, 0.2) is 17.2 Å². The molecule has 2 saturated carbocycles. The van der Waals surface area contributed by atoms with Gasteiger partial charge in [-0.25, -0.2) is 4.39 Å². The Hall–Kier alpha value is -1.51. The molecule has 5 rings (SSSR count). The summed E-state index contributed by atoms with van der Waals surface area (Å²) in [5.41, 5.74) is -2.67. The van der Waals surface area contributed by atoms with E-state index in [9.17, 15) is 14.7 Å². The summed E-state index contributed by atoms with van der Waals surface area (Å²) in [6, 6.07) is 7.58. The van der Waals surface area contributed by atoms with Crippen LogP contribution in [0.3, 0.4) is 0 Å². The van der Waals surface area contributed by atoms with Crippen molar-refractivity contribution in [2.24, 2.45) is 22.2 Å². The second kappa shape index (κ2) is 10.4. The summed E-state index contributed by atoms with van der Waals surface area (Å²) in [5, 5.41) is 14.3. The van der Waals surface area contributed by atoms with Crippen molar-refractivity contribution in [3.8, 4) is 0 Å². The summed E-state index contributed by atoms with van der Waals surface area (Å²) in [6.07, 6.45) is 7.10. The Balaban J connectivity index is 1.55. The molecule has 3 fully saturated rings. The number of ketones is 2. The number of aliphatic hydroxyl groups is 1. The lowest BCUT2D eigenvalue weighted by molar-refractivity contribution is -0.302. The maximum atomic E-state index is 17.7. The average Bonchev–Trinajstić information content (AvgIpc) is 2.88. The molecule has 1 aromatic carbocycles. The fourth-order valence-corrected chi connectivity index (χ4v) is 8.76. The molecule has 1 N–H and O–H groups in total. The molecule has 3 aliphatic carbocycles. The molecule has 5 nitrogen and oxygen atoms in total. The first-order valence-electron chi connectivity index (χ1n) is 13.9. The summed E-state index contributed by atoms with van der Waals surface area (Å²) >= 11 is 7.53. The van der Waals surface area contributed by atoms with E-state index in [1.165, 1.54) is 17.8 Å². The van der Waals surface area contributed by atoms with Crippen LogP contribution in [-0.2, 0) is 21.0 Å². The largest absolute Gasteiger partial charge is 0.390 e. The number of fused-ring (bicyclic) bond motifs is 5. The summed E-state index contributed by atoms with van der Waals surface area (Å²) in [6.45, 7) is 7.07. The Bertz CT molecular complexity index is 1210. The number of carbonyl (C=O) groups is 2. The monoisotopic (exact) mass is 575 g/mol. The minimum Gasteiger partial charge on any atom is -0.390 e. The van der Waals surface area contributed by atoms with Crippen molar-refractivity contribution in [2.75, 3.05) is 18.6 Å². The van der Waals surface area contributed by atoms with E-state index < -0.39 is 40.0 Å². The molecule has 0 radical (unpaired) electrons. The van der Waals surface area contributed by atoms with Gasteiger partial charge in [-0.1, -0.05) is 49.2 Å². The standard InChI is InChI=1S/C31H39ClFNO4S/c1-28-14-12-23(35)16-21(28)8-11-25-29(2)13-5-15-34(18-20-6-9-22(32)10-7-20)38-27(24(36)19-39-4)30(29,3)17-26(37)31(25,28)33/h6-7,9-10,12,14,16,25-27,37H,5,8,11,13,15,17-19H2,1-4H3. The number of alkyl halides is 1. The van der Waals surface area contributed by atoms with Gasteiger partial charge in [0.2, 0.25) is 0 Å². The third-order valence-electron chi connectivity index (χ3n) is 10.5. The first-order chi connectivity index (χ1) is 18.4. The van der Waals surface area contributed by atoms with Crippen LogP contribution in [-0.4, -0.2) is 58.2 Å². The molecule has 1 saturated heterocycles. The van der Waals surface area contributed by atoms with Crippen LogP contribution in [0.4, 0.5) is 4.39 Å². The van der Waals surface area contributed by atoms with Crippen LogP contribution in [0, 0.1) is 22.2 Å². The Kier molecular flexibility index (Phi) is 7.73. The van der Waals surface area contributed by atoms with Crippen molar-refractivity contribution in [3.05, 3.63) is 58.7 Å². The Labute approximate surface area is 240 Å². The van der Waals surface area contributed by atoms with Gasteiger partial charge in [-0.2, -0.15) is 16.8 Å². The number of allylic oxidation sites excluding steroid dienone is 4. The topological polar surface area (TPSA) is 66.8 Å². The lowest BCUT2D eigenvalue weighted by Crippen LogP contribution is -2.73. The van der Waals surface area contributed by atoms with Crippen LogP contribution in [0.25, 0.3) is 0 Å². The molecule has 39 heavy (non-hydrogen) atoms. The van der Waals surface area contributed by atoms with E-state index in [-0.39, 0.29) is 23.7 Å². The zero-order valence-electron chi connectivity index (χ0n) is 23.2. The van der Waals surface area contributed by atoms with Crippen molar-refractivity contribution in [3.63, 3.8) is 0 Å². The lowest BCUT2D eigenvalue weighted by atomic mass is 9.38. The number of aliphatic hydroxyl groups excluding tert-OH is 1. The van der Waals surface area contributed by atoms with E-state index in [1.54, 1.807) is 12.2 Å². The number of hydroxylamine groups is 2. The lowest BCUT2D eigenvalue weighted by Gasteiger charge is -2.68. The maximum Gasteiger partial charge on any atom is 0.178 e. The van der Waals surface area contributed by atoms with Crippen LogP contribution >= 0.6 is 23.4 Å². The van der Waals surface area contributed by atoms with Crippen molar-refractivity contribution in [1.82, 2.24) is 5.06 Å².